The minimum absolute atomic E-state index is 0.0571. The van der Waals surface area contributed by atoms with E-state index in [4.69, 9.17) is 28.4 Å². The third kappa shape index (κ3) is 7.31. The van der Waals surface area contributed by atoms with Crippen LogP contribution in [0.4, 0.5) is 0 Å². The summed E-state index contributed by atoms with van der Waals surface area (Å²) in [5.41, 5.74) is -5.86. The second-order valence-electron chi connectivity index (χ2n) is 15.2. The van der Waals surface area contributed by atoms with Crippen molar-refractivity contribution in [3.05, 3.63) is 84.0 Å². The summed E-state index contributed by atoms with van der Waals surface area (Å²) in [5.74, 6) is -11.0. The van der Waals surface area contributed by atoms with Gasteiger partial charge in [0.15, 0.2) is 11.6 Å². The van der Waals surface area contributed by atoms with Gasteiger partial charge in [0.2, 0.25) is 23.8 Å². The van der Waals surface area contributed by atoms with Gasteiger partial charge >= 0.3 is 11.9 Å². The molecule has 10 N–H and O–H groups in total. The SMILES string of the molecule is O=C(OCc1ccccc1OC1O[C@H](CO)[C@@H](O)[C@H](O)[C@H]1O)[C@@]1(O)C(=O)C2C=CC1C1C2C=CC(=O)[C@]1(O)C(=O)OCc1ccccc1O[C@@H]1O[C@@H](CO)[C@H](O)[C@@H](O)[C@@H]1O. The smallest absolute Gasteiger partial charge is 0.347 e. The van der Waals surface area contributed by atoms with Crippen LogP contribution in [0.25, 0.3) is 0 Å². The van der Waals surface area contributed by atoms with Crippen molar-refractivity contribution in [2.24, 2.45) is 23.7 Å². The highest BCUT2D eigenvalue weighted by molar-refractivity contribution is 6.16. The van der Waals surface area contributed by atoms with Crippen LogP contribution in [0.5, 0.6) is 11.5 Å². The van der Waals surface area contributed by atoms with E-state index >= 15 is 0 Å². The molecule has 2 saturated heterocycles. The first-order chi connectivity index (χ1) is 28.6. The number of allylic oxidation sites excluding steroid dienone is 2. The molecule has 324 valence electrons. The van der Waals surface area contributed by atoms with Gasteiger partial charge in [0.25, 0.3) is 0 Å². The Hall–Kier alpha value is -4.68. The van der Waals surface area contributed by atoms with Crippen LogP contribution in [-0.2, 0) is 51.3 Å². The van der Waals surface area contributed by atoms with Crippen LogP contribution in [0.3, 0.4) is 0 Å². The zero-order valence-corrected chi connectivity index (χ0v) is 31.4. The highest BCUT2D eigenvalue weighted by Crippen LogP contribution is 2.55. The van der Waals surface area contributed by atoms with Gasteiger partial charge in [-0.1, -0.05) is 54.6 Å². The summed E-state index contributed by atoms with van der Waals surface area (Å²) in [7, 11) is 0. The van der Waals surface area contributed by atoms with Gasteiger partial charge < -0.3 is 79.5 Å². The second kappa shape index (κ2) is 17.0. The predicted molar refractivity (Wildman–Crippen MR) is 193 cm³/mol. The lowest BCUT2D eigenvalue weighted by molar-refractivity contribution is -0.277. The minimum atomic E-state index is -3.05. The van der Waals surface area contributed by atoms with E-state index in [1.165, 1.54) is 66.8 Å². The van der Waals surface area contributed by atoms with Gasteiger partial charge in [0.1, 0.15) is 73.5 Å². The normalized spacial score (nSPS) is 39.5. The van der Waals surface area contributed by atoms with Crippen molar-refractivity contribution in [2.45, 2.75) is 85.8 Å². The number of para-hydroxylation sites is 2. The summed E-state index contributed by atoms with van der Waals surface area (Å²) in [6, 6.07) is 11.7. The molecule has 8 rings (SSSR count). The van der Waals surface area contributed by atoms with Crippen molar-refractivity contribution in [3.8, 4) is 11.5 Å². The molecule has 2 aromatic carbocycles. The molecule has 5 unspecified atom stereocenters. The maximum absolute atomic E-state index is 13.9. The number of Topliss-reactive ketones (excluding diaryl/α,β-unsaturated/α-hetero) is 1. The lowest BCUT2D eigenvalue weighted by Crippen LogP contribution is -2.72. The van der Waals surface area contributed by atoms with Gasteiger partial charge in [-0.25, -0.2) is 9.59 Å². The molecule has 20 nitrogen and oxygen atoms in total. The van der Waals surface area contributed by atoms with E-state index in [2.05, 4.69) is 0 Å². The molecular weight excluding hydrogens is 800 g/mol. The number of rotatable bonds is 12. The zero-order chi connectivity index (χ0) is 43.3. The molecule has 2 bridgehead atoms. The van der Waals surface area contributed by atoms with Crippen molar-refractivity contribution >= 4 is 23.5 Å². The number of benzene rings is 2. The topological polar surface area (TPSA) is 326 Å². The molecule has 3 fully saturated rings. The summed E-state index contributed by atoms with van der Waals surface area (Å²) in [4.78, 5) is 55.1. The maximum atomic E-state index is 13.9. The second-order valence-corrected chi connectivity index (χ2v) is 15.2. The number of ketones is 2. The number of ether oxygens (including phenoxy) is 6. The fourth-order valence-corrected chi connectivity index (χ4v) is 8.33. The average molecular weight is 845 g/mol. The first-order valence-corrected chi connectivity index (χ1v) is 18.9. The number of hydrogen-bond donors (Lipinski definition) is 10. The fourth-order valence-electron chi connectivity index (χ4n) is 8.33. The van der Waals surface area contributed by atoms with Gasteiger partial charge in [-0.3, -0.25) is 9.59 Å². The Morgan fingerprint density at radius 1 is 0.617 bits per heavy atom. The van der Waals surface area contributed by atoms with Crippen LogP contribution in [0, 0.1) is 23.7 Å². The third-order valence-electron chi connectivity index (χ3n) is 11.7. The average Bonchev–Trinajstić information content (AvgIpc) is 3.25. The van der Waals surface area contributed by atoms with Crippen LogP contribution in [0.15, 0.2) is 72.8 Å². The van der Waals surface area contributed by atoms with E-state index in [9.17, 15) is 70.2 Å². The van der Waals surface area contributed by atoms with Crippen LogP contribution in [0.1, 0.15) is 11.1 Å². The summed E-state index contributed by atoms with van der Waals surface area (Å²) < 4.78 is 33.1. The summed E-state index contributed by atoms with van der Waals surface area (Å²) in [6.45, 7) is -2.77. The van der Waals surface area contributed by atoms with Crippen LogP contribution >= 0.6 is 0 Å². The standard InChI is InChI=1S/C40H44O20/c41-13-24-28(44)30(46)32(48)35(59-24)57-22-7-3-1-5-17(22)15-55-37(51)39(53)21-11-9-20(34(39)50)19-10-12-26(43)40(54,27(19)21)38(52)56-16-18-6-2-4-8-23(18)58-36-33(49)31(47)29(45)25(14-42)60-36/h1-12,19-21,24-25,27-33,35-36,41-42,44-49,53-54H,13-16H2/t19?,20?,21?,24-,25+,27?,28-,29+,30+,31-,32-,33+,35?,36-,39+,40-/m1/s1. The molecule has 16 atom stereocenters. The molecule has 60 heavy (non-hydrogen) atoms. The highest BCUT2D eigenvalue weighted by atomic mass is 16.7. The van der Waals surface area contributed by atoms with Crippen molar-refractivity contribution in [1.82, 2.24) is 0 Å². The molecule has 0 spiro atoms. The molecule has 6 aliphatic rings. The summed E-state index contributed by atoms with van der Waals surface area (Å²) in [5, 5.41) is 105. The number of aliphatic hydroxyl groups excluding tert-OH is 8. The van der Waals surface area contributed by atoms with Crippen LogP contribution in [0.2, 0.25) is 0 Å². The van der Waals surface area contributed by atoms with Crippen LogP contribution < -0.4 is 9.47 Å². The molecule has 4 aliphatic carbocycles. The van der Waals surface area contributed by atoms with Crippen molar-refractivity contribution in [2.75, 3.05) is 13.2 Å². The Bertz CT molecular complexity index is 2020. The lowest BCUT2D eigenvalue weighted by atomic mass is 9.49. The van der Waals surface area contributed by atoms with Gasteiger partial charge in [0.05, 0.1) is 13.2 Å². The molecule has 1 saturated carbocycles. The summed E-state index contributed by atoms with van der Waals surface area (Å²) >= 11 is 0. The van der Waals surface area contributed by atoms with E-state index < -0.39 is 146 Å². The van der Waals surface area contributed by atoms with E-state index in [1.54, 1.807) is 0 Å². The number of fused-ring (bicyclic) bond motifs is 1. The van der Waals surface area contributed by atoms with Crippen molar-refractivity contribution in [3.63, 3.8) is 0 Å². The number of carbonyl (C=O) groups excluding carboxylic acids is 4. The predicted octanol–water partition coefficient (Wildman–Crippen LogP) is -3.95. The molecule has 2 aromatic rings. The Morgan fingerprint density at radius 2 is 1.08 bits per heavy atom. The van der Waals surface area contributed by atoms with Gasteiger partial charge in [-0.05, 0) is 24.1 Å². The number of carbonyl (C=O) groups is 4. The number of aliphatic hydroxyl groups is 10. The molecule has 20 heteroatoms. The molecular formula is C40H44O20. The van der Waals surface area contributed by atoms with Crippen molar-refractivity contribution < 1.29 is 98.7 Å². The largest absolute Gasteiger partial charge is 0.462 e. The fraction of sp³-hybridized carbons (Fsp3) is 0.500. The summed E-state index contributed by atoms with van der Waals surface area (Å²) in [6.07, 6.45) is -11.3. The molecule has 0 radical (unpaired) electrons. The Labute approximate surface area is 340 Å². The van der Waals surface area contributed by atoms with Gasteiger partial charge in [-0.2, -0.15) is 0 Å². The first kappa shape index (κ1) is 43.4. The Morgan fingerprint density at radius 3 is 1.57 bits per heavy atom. The van der Waals surface area contributed by atoms with Gasteiger partial charge in [0, 0.05) is 28.9 Å². The Balaban J connectivity index is 1.08. The monoisotopic (exact) mass is 844 g/mol. The molecule has 2 aliphatic heterocycles. The quantitative estimate of drug-likeness (QED) is 0.0554. The van der Waals surface area contributed by atoms with Crippen molar-refractivity contribution in [1.29, 1.82) is 0 Å². The maximum Gasteiger partial charge on any atom is 0.347 e. The minimum Gasteiger partial charge on any atom is -0.462 e. The zero-order valence-electron chi connectivity index (χ0n) is 31.4. The molecule has 0 amide bonds. The lowest BCUT2D eigenvalue weighted by Gasteiger charge is -2.54. The highest BCUT2D eigenvalue weighted by Gasteiger charge is 2.71. The van der Waals surface area contributed by atoms with E-state index in [1.807, 2.05) is 0 Å². The number of hydrogen-bond acceptors (Lipinski definition) is 20. The third-order valence-corrected chi connectivity index (χ3v) is 11.7. The number of esters is 2. The van der Waals surface area contributed by atoms with E-state index in [0.717, 1.165) is 6.08 Å². The molecule has 0 aromatic heterocycles. The first-order valence-electron chi connectivity index (χ1n) is 18.9. The van der Waals surface area contributed by atoms with Gasteiger partial charge in [-0.15, -0.1) is 0 Å². The van der Waals surface area contributed by atoms with E-state index in [0.29, 0.717) is 0 Å². The van der Waals surface area contributed by atoms with Crippen LogP contribution in [-0.4, -0.2) is 160 Å². The van der Waals surface area contributed by atoms with E-state index in [-0.39, 0.29) is 22.6 Å². The Kier molecular flexibility index (Phi) is 12.3. The molecule has 2 heterocycles.